The molecule has 268 valence electrons. The van der Waals surface area contributed by atoms with Crippen LogP contribution in [0.5, 0.6) is 0 Å². The van der Waals surface area contributed by atoms with E-state index in [1.807, 2.05) is 0 Å². The van der Waals surface area contributed by atoms with Crippen LogP contribution in [0, 0.1) is 5.92 Å². The molecule has 0 aliphatic carbocycles. The lowest BCUT2D eigenvalue weighted by Crippen LogP contribution is -2.35. The van der Waals surface area contributed by atoms with Gasteiger partial charge in [-0.1, -0.05) is 148 Å². The third kappa shape index (κ3) is 27.5. The zero-order valence-electron chi connectivity index (χ0n) is 31.2. The zero-order valence-corrected chi connectivity index (χ0v) is 31.2. The first kappa shape index (κ1) is 42.4. The Labute approximate surface area is 287 Å². The second-order valence-corrected chi connectivity index (χ2v) is 14.3. The van der Waals surface area contributed by atoms with E-state index < -0.39 is 0 Å². The molecular weight excluding hydrogens is 562 g/mol. The summed E-state index contributed by atoms with van der Waals surface area (Å²) >= 11 is 0. The van der Waals surface area contributed by atoms with Crippen LogP contribution >= 0.6 is 0 Å². The van der Waals surface area contributed by atoms with E-state index in [0.717, 1.165) is 45.2 Å². The van der Waals surface area contributed by atoms with Crippen LogP contribution in [0.3, 0.4) is 0 Å². The number of carbonyl (C=O) groups is 1. The minimum Gasteiger partial charge on any atom is -0.372 e. The summed E-state index contributed by atoms with van der Waals surface area (Å²) in [5.41, 5.74) is 0. The maximum absolute atomic E-state index is 12.9. The van der Waals surface area contributed by atoms with Gasteiger partial charge in [-0.3, -0.25) is 9.79 Å². The molecule has 4 heteroatoms. The summed E-state index contributed by atoms with van der Waals surface area (Å²) in [6.07, 6.45) is 46.1. The number of amidine groups is 1. The summed E-state index contributed by atoms with van der Waals surface area (Å²) in [5.74, 6) is 1.96. The number of amides is 1. The van der Waals surface area contributed by atoms with E-state index in [1.54, 1.807) is 0 Å². The fourth-order valence-electron chi connectivity index (χ4n) is 6.61. The van der Waals surface area contributed by atoms with E-state index in [0.29, 0.717) is 18.4 Å². The highest BCUT2D eigenvalue weighted by atomic mass is 16.1. The molecule has 0 aromatic heterocycles. The Morgan fingerprint density at radius 2 is 1.09 bits per heavy atom. The number of nitrogens with one attached hydrogen (secondary N) is 2. The smallest absolute Gasteiger partial charge is 0.220 e. The summed E-state index contributed by atoms with van der Waals surface area (Å²) in [6, 6.07) is 0.324. The summed E-state index contributed by atoms with van der Waals surface area (Å²) < 4.78 is 0. The second kappa shape index (κ2) is 33.3. The third-order valence-corrected chi connectivity index (χ3v) is 9.70. The lowest BCUT2D eigenvalue weighted by Gasteiger charge is -2.20. The van der Waals surface area contributed by atoms with Gasteiger partial charge >= 0.3 is 0 Å². The van der Waals surface area contributed by atoms with E-state index in [2.05, 4.69) is 60.7 Å². The molecule has 1 heterocycles. The molecule has 0 radical (unpaired) electrons. The predicted molar refractivity (Wildman–Crippen MR) is 205 cm³/mol. The van der Waals surface area contributed by atoms with Crippen molar-refractivity contribution in [2.24, 2.45) is 10.9 Å². The van der Waals surface area contributed by atoms with Crippen LogP contribution in [-0.4, -0.2) is 30.9 Å². The first-order chi connectivity index (χ1) is 22.7. The van der Waals surface area contributed by atoms with Crippen LogP contribution in [0.25, 0.3) is 0 Å². The number of carbonyl (C=O) groups excluding carboxylic acids is 1. The molecule has 4 nitrogen and oxygen atoms in total. The Morgan fingerprint density at radius 3 is 1.59 bits per heavy atom. The molecule has 1 amide bonds. The maximum Gasteiger partial charge on any atom is 0.220 e. The monoisotopic (exact) mass is 642 g/mol. The molecule has 1 rings (SSSR count). The van der Waals surface area contributed by atoms with Crippen molar-refractivity contribution in [1.29, 1.82) is 0 Å². The highest BCUT2D eigenvalue weighted by Gasteiger charge is 2.16. The Hall–Kier alpha value is -1.58. The molecule has 2 N–H and O–H groups in total. The van der Waals surface area contributed by atoms with Gasteiger partial charge in [0.15, 0.2) is 0 Å². The SMILES string of the molecule is CCCCCCCCC=CCCCCCCCC(=O)NC(CCCCCC=CCCCCCCCC)CCCC(C)C1=NCCN1. The molecule has 2 unspecified atom stereocenters. The Morgan fingerprint density at radius 1 is 0.630 bits per heavy atom. The van der Waals surface area contributed by atoms with Gasteiger partial charge < -0.3 is 10.6 Å². The number of hydrogen-bond donors (Lipinski definition) is 2. The van der Waals surface area contributed by atoms with E-state index >= 15 is 0 Å². The summed E-state index contributed by atoms with van der Waals surface area (Å²) in [5, 5.41) is 6.89. The topological polar surface area (TPSA) is 53.5 Å². The van der Waals surface area contributed by atoms with Crippen molar-refractivity contribution < 1.29 is 4.79 Å². The van der Waals surface area contributed by atoms with Gasteiger partial charge in [-0.2, -0.15) is 0 Å². The van der Waals surface area contributed by atoms with Gasteiger partial charge in [0, 0.05) is 24.9 Å². The van der Waals surface area contributed by atoms with Gasteiger partial charge in [0.25, 0.3) is 0 Å². The predicted octanol–water partition coefficient (Wildman–Crippen LogP) is 12.6. The van der Waals surface area contributed by atoms with Crippen molar-refractivity contribution in [1.82, 2.24) is 10.6 Å². The standard InChI is InChI=1S/C42H79N3O/c1-4-6-8-10-12-14-16-18-19-21-23-25-27-29-31-36-41(46)45-40(35-32-33-39(3)42-43-37-38-44-42)34-30-28-26-24-22-20-17-15-13-11-9-7-5-2/h18-20,22,39-40H,4-17,21,23-38H2,1-3H3,(H,43,44)(H,45,46). The van der Waals surface area contributed by atoms with Gasteiger partial charge in [0.05, 0.1) is 12.4 Å². The fraction of sp³-hybridized carbons (Fsp3) is 0.857. The molecule has 1 aliphatic heterocycles. The van der Waals surface area contributed by atoms with Crippen LogP contribution in [0.15, 0.2) is 29.3 Å². The number of aliphatic imine (C=N–C) groups is 1. The molecule has 2 atom stereocenters. The molecule has 1 aliphatic rings. The number of hydrogen-bond acceptors (Lipinski definition) is 3. The van der Waals surface area contributed by atoms with Crippen molar-refractivity contribution in [2.75, 3.05) is 13.1 Å². The van der Waals surface area contributed by atoms with Crippen molar-refractivity contribution >= 4 is 11.7 Å². The first-order valence-corrected chi connectivity index (χ1v) is 20.5. The van der Waals surface area contributed by atoms with Gasteiger partial charge in [-0.25, -0.2) is 0 Å². The number of allylic oxidation sites excluding steroid dienone is 4. The van der Waals surface area contributed by atoms with Gasteiger partial charge in [-0.15, -0.1) is 0 Å². The van der Waals surface area contributed by atoms with Crippen molar-refractivity contribution in [3.05, 3.63) is 24.3 Å². The first-order valence-electron chi connectivity index (χ1n) is 20.5. The highest BCUT2D eigenvalue weighted by Crippen LogP contribution is 2.17. The second-order valence-electron chi connectivity index (χ2n) is 14.3. The Balaban J connectivity index is 2.18. The average Bonchev–Trinajstić information content (AvgIpc) is 3.60. The fourth-order valence-corrected chi connectivity index (χ4v) is 6.61. The van der Waals surface area contributed by atoms with Crippen molar-refractivity contribution in [2.45, 2.75) is 213 Å². The quantitative estimate of drug-likeness (QED) is 0.0542. The minimum absolute atomic E-state index is 0.273. The molecular formula is C42H79N3O. The normalized spacial score (nSPS) is 14.6. The molecule has 0 saturated carbocycles. The number of unbranched alkanes of at least 4 members (excludes halogenated alkanes) is 20. The lowest BCUT2D eigenvalue weighted by atomic mass is 9.97. The molecule has 46 heavy (non-hydrogen) atoms. The van der Waals surface area contributed by atoms with Gasteiger partial charge in [0.2, 0.25) is 5.91 Å². The van der Waals surface area contributed by atoms with E-state index in [1.165, 1.54) is 154 Å². The molecule has 0 fully saturated rings. The van der Waals surface area contributed by atoms with Crippen molar-refractivity contribution in [3.8, 4) is 0 Å². The molecule has 0 aromatic carbocycles. The minimum atomic E-state index is 0.273. The summed E-state index contributed by atoms with van der Waals surface area (Å²) in [4.78, 5) is 17.5. The third-order valence-electron chi connectivity index (χ3n) is 9.70. The summed E-state index contributed by atoms with van der Waals surface area (Å²) in [6.45, 7) is 8.76. The van der Waals surface area contributed by atoms with E-state index in [4.69, 9.17) is 0 Å². The molecule has 0 bridgehead atoms. The highest BCUT2D eigenvalue weighted by molar-refractivity contribution is 5.85. The van der Waals surface area contributed by atoms with E-state index in [-0.39, 0.29) is 5.91 Å². The van der Waals surface area contributed by atoms with Crippen molar-refractivity contribution in [3.63, 3.8) is 0 Å². The van der Waals surface area contributed by atoms with E-state index in [9.17, 15) is 4.79 Å². The Kier molecular flexibility index (Phi) is 30.7. The maximum atomic E-state index is 12.9. The Bertz CT molecular complexity index is 758. The molecule has 0 saturated heterocycles. The van der Waals surface area contributed by atoms with Gasteiger partial charge in [0.1, 0.15) is 0 Å². The molecule has 0 spiro atoms. The molecule has 0 aromatic rings. The van der Waals surface area contributed by atoms with Gasteiger partial charge in [-0.05, 0) is 77.0 Å². The number of rotatable bonds is 34. The summed E-state index contributed by atoms with van der Waals surface area (Å²) in [7, 11) is 0. The number of nitrogens with zero attached hydrogens (tertiary/aromatic N) is 1. The average molecular weight is 642 g/mol. The van der Waals surface area contributed by atoms with Crippen LogP contribution in [0.4, 0.5) is 0 Å². The van der Waals surface area contributed by atoms with Crippen LogP contribution in [-0.2, 0) is 4.79 Å². The lowest BCUT2D eigenvalue weighted by molar-refractivity contribution is -0.122. The van der Waals surface area contributed by atoms with Crippen LogP contribution < -0.4 is 10.6 Å². The zero-order chi connectivity index (χ0) is 33.2. The van der Waals surface area contributed by atoms with Crippen LogP contribution in [0.1, 0.15) is 207 Å². The largest absolute Gasteiger partial charge is 0.372 e. The van der Waals surface area contributed by atoms with Crippen LogP contribution in [0.2, 0.25) is 0 Å².